The van der Waals surface area contributed by atoms with Gasteiger partial charge in [0.2, 0.25) is 16.0 Å². The lowest BCUT2D eigenvalue weighted by Crippen LogP contribution is -2.49. The van der Waals surface area contributed by atoms with Crippen LogP contribution in [0.5, 0.6) is 0 Å². The van der Waals surface area contributed by atoms with Crippen molar-refractivity contribution in [2.75, 3.05) is 31.1 Å². The van der Waals surface area contributed by atoms with E-state index in [1.807, 2.05) is 29.2 Å². The third kappa shape index (κ3) is 2.87. The molecule has 0 amide bonds. The molecular weight excluding hydrogens is 343 g/mol. The first-order chi connectivity index (χ1) is 12.1. The van der Waals surface area contributed by atoms with E-state index in [0.717, 1.165) is 23.0 Å². The topological polar surface area (TPSA) is 69.3 Å². The first-order valence-electron chi connectivity index (χ1n) is 8.00. The minimum Gasteiger partial charge on any atom is -0.340 e. The van der Waals surface area contributed by atoms with Gasteiger partial charge in [-0.1, -0.05) is 24.3 Å². The number of hydrogen-bond donors (Lipinski definition) is 1. The smallest absolute Gasteiger partial charge is 0.246 e. The first kappa shape index (κ1) is 16.0. The number of aromatic amines is 1. The lowest BCUT2D eigenvalue weighted by Gasteiger charge is -2.33. The Hall–Kier alpha value is -2.45. The molecule has 4 rings (SSSR count). The molecule has 130 valence electrons. The molecule has 1 fully saturated rings. The van der Waals surface area contributed by atoms with E-state index in [9.17, 15) is 12.8 Å². The van der Waals surface area contributed by atoms with Crippen LogP contribution in [-0.4, -0.2) is 48.9 Å². The lowest BCUT2D eigenvalue weighted by molar-refractivity contribution is 0.380. The minimum absolute atomic E-state index is 0.271. The summed E-state index contributed by atoms with van der Waals surface area (Å²) in [6.45, 7) is 1.56. The molecule has 1 saturated heterocycles. The highest BCUT2D eigenvalue weighted by atomic mass is 32.2. The van der Waals surface area contributed by atoms with E-state index < -0.39 is 15.8 Å². The van der Waals surface area contributed by atoms with Gasteiger partial charge in [-0.15, -0.1) is 0 Å². The molecule has 8 heteroatoms. The van der Waals surface area contributed by atoms with Gasteiger partial charge in [-0.3, -0.25) is 0 Å². The second kappa shape index (κ2) is 6.12. The van der Waals surface area contributed by atoms with Crippen LogP contribution in [0.3, 0.4) is 0 Å². The highest BCUT2D eigenvalue weighted by molar-refractivity contribution is 7.89. The third-order valence-electron chi connectivity index (χ3n) is 4.37. The van der Waals surface area contributed by atoms with Crippen molar-refractivity contribution >= 4 is 27.0 Å². The molecule has 2 aromatic carbocycles. The molecular formula is C17H17FN4O2S. The zero-order chi connectivity index (χ0) is 17.4. The van der Waals surface area contributed by atoms with Crippen LogP contribution in [0.1, 0.15) is 0 Å². The van der Waals surface area contributed by atoms with Gasteiger partial charge >= 0.3 is 0 Å². The second-order valence-corrected chi connectivity index (χ2v) is 7.81. The zero-order valence-corrected chi connectivity index (χ0v) is 14.2. The molecule has 0 atom stereocenters. The summed E-state index contributed by atoms with van der Waals surface area (Å²) >= 11 is 0. The normalized spacial score (nSPS) is 16.4. The van der Waals surface area contributed by atoms with Crippen molar-refractivity contribution in [2.24, 2.45) is 0 Å². The van der Waals surface area contributed by atoms with Gasteiger partial charge in [0, 0.05) is 26.2 Å². The highest BCUT2D eigenvalue weighted by Crippen LogP contribution is 2.23. The number of nitrogens with one attached hydrogen (secondary N) is 1. The summed E-state index contributed by atoms with van der Waals surface area (Å²) in [5, 5.41) is 0. The fourth-order valence-electron chi connectivity index (χ4n) is 3.02. The molecule has 0 radical (unpaired) electrons. The Kier molecular flexibility index (Phi) is 3.93. The molecule has 2 heterocycles. The third-order valence-corrected chi connectivity index (χ3v) is 6.30. The summed E-state index contributed by atoms with van der Waals surface area (Å²) in [6, 6.07) is 13.2. The van der Waals surface area contributed by atoms with Crippen LogP contribution < -0.4 is 4.90 Å². The number of anilines is 1. The number of hydrogen-bond acceptors (Lipinski definition) is 4. The largest absolute Gasteiger partial charge is 0.340 e. The number of fused-ring (bicyclic) bond motifs is 1. The van der Waals surface area contributed by atoms with E-state index in [1.54, 1.807) is 0 Å². The van der Waals surface area contributed by atoms with Crippen LogP contribution >= 0.6 is 0 Å². The molecule has 0 saturated carbocycles. The Labute approximate surface area is 144 Å². The molecule has 25 heavy (non-hydrogen) atoms. The molecule has 0 bridgehead atoms. The van der Waals surface area contributed by atoms with Crippen LogP contribution in [0.4, 0.5) is 10.3 Å². The number of benzene rings is 2. The van der Waals surface area contributed by atoms with E-state index >= 15 is 0 Å². The van der Waals surface area contributed by atoms with E-state index in [2.05, 4.69) is 9.97 Å². The fourth-order valence-corrected chi connectivity index (χ4v) is 4.51. The Morgan fingerprint density at radius 2 is 1.64 bits per heavy atom. The van der Waals surface area contributed by atoms with Gasteiger partial charge in [0.05, 0.1) is 11.0 Å². The van der Waals surface area contributed by atoms with Crippen molar-refractivity contribution in [1.82, 2.24) is 14.3 Å². The van der Waals surface area contributed by atoms with Crippen LogP contribution in [-0.2, 0) is 10.0 Å². The summed E-state index contributed by atoms with van der Waals surface area (Å²) in [4.78, 5) is 9.52. The van der Waals surface area contributed by atoms with E-state index in [-0.39, 0.29) is 18.0 Å². The molecule has 6 nitrogen and oxygen atoms in total. The summed E-state index contributed by atoms with van der Waals surface area (Å²) in [6.07, 6.45) is 0. The summed E-state index contributed by atoms with van der Waals surface area (Å²) in [5.74, 6) is 0.00588. The second-order valence-electron chi connectivity index (χ2n) is 5.90. The molecule has 0 aliphatic carbocycles. The predicted octanol–water partition coefficient (Wildman–Crippen LogP) is 2.21. The average Bonchev–Trinajstić information content (AvgIpc) is 3.06. The van der Waals surface area contributed by atoms with Gasteiger partial charge in [-0.25, -0.2) is 17.8 Å². The fraction of sp³-hybridized carbons (Fsp3) is 0.235. The van der Waals surface area contributed by atoms with Gasteiger partial charge in [-0.2, -0.15) is 4.31 Å². The van der Waals surface area contributed by atoms with Crippen molar-refractivity contribution in [2.45, 2.75) is 4.90 Å². The number of sulfonamides is 1. The standard InChI is InChI=1S/C17H17FN4O2S/c18-13-5-1-4-8-16(13)25(23,24)22-11-9-21(10-12-22)17-19-14-6-2-3-7-15(14)20-17/h1-8H,9-12H2,(H,19,20). The number of halogens is 1. The minimum atomic E-state index is -3.82. The number of nitrogens with zero attached hydrogens (tertiary/aromatic N) is 3. The number of aromatic nitrogens is 2. The number of piperazine rings is 1. The number of H-pyrrole nitrogens is 1. The quantitative estimate of drug-likeness (QED) is 0.778. The molecule has 0 spiro atoms. The lowest BCUT2D eigenvalue weighted by atomic mass is 10.3. The van der Waals surface area contributed by atoms with Gasteiger partial charge in [0.15, 0.2) is 0 Å². The Bertz CT molecular complexity index is 977. The van der Waals surface area contributed by atoms with Crippen molar-refractivity contribution in [3.05, 3.63) is 54.3 Å². The van der Waals surface area contributed by atoms with Crippen molar-refractivity contribution < 1.29 is 12.8 Å². The maximum Gasteiger partial charge on any atom is 0.246 e. The number of rotatable bonds is 3. The van der Waals surface area contributed by atoms with Crippen LogP contribution in [0, 0.1) is 5.82 Å². The molecule has 0 unspecified atom stereocenters. The van der Waals surface area contributed by atoms with Crippen LogP contribution in [0.15, 0.2) is 53.4 Å². The number of imidazole rings is 1. The zero-order valence-electron chi connectivity index (χ0n) is 13.4. The summed E-state index contributed by atoms with van der Waals surface area (Å²) in [7, 11) is -3.82. The highest BCUT2D eigenvalue weighted by Gasteiger charge is 2.31. The van der Waals surface area contributed by atoms with Crippen molar-refractivity contribution in [1.29, 1.82) is 0 Å². The van der Waals surface area contributed by atoms with E-state index in [4.69, 9.17) is 0 Å². The molecule has 1 aliphatic heterocycles. The maximum absolute atomic E-state index is 13.9. The van der Waals surface area contributed by atoms with Crippen LogP contribution in [0.25, 0.3) is 11.0 Å². The summed E-state index contributed by atoms with van der Waals surface area (Å²) < 4.78 is 40.5. The van der Waals surface area contributed by atoms with Gasteiger partial charge in [-0.05, 0) is 24.3 Å². The molecule has 1 N–H and O–H groups in total. The predicted molar refractivity (Wildman–Crippen MR) is 93.5 cm³/mol. The Balaban J connectivity index is 1.52. The van der Waals surface area contributed by atoms with Crippen molar-refractivity contribution in [3.8, 4) is 0 Å². The molecule has 1 aromatic heterocycles. The summed E-state index contributed by atoms with van der Waals surface area (Å²) in [5.41, 5.74) is 1.82. The van der Waals surface area contributed by atoms with E-state index in [1.165, 1.54) is 22.5 Å². The van der Waals surface area contributed by atoms with E-state index in [0.29, 0.717) is 13.1 Å². The molecule has 3 aromatic rings. The Morgan fingerprint density at radius 1 is 0.960 bits per heavy atom. The first-order valence-corrected chi connectivity index (χ1v) is 9.44. The Morgan fingerprint density at radius 3 is 2.36 bits per heavy atom. The molecule has 1 aliphatic rings. The maximum atomic E-state index is 13.9. The van der Waals surface area contributed by atoms with Crippen LogP contribution in [0.2, 0.25) is 0 Å². The van der Waals surface area contributed by atoms with Gasteiger partial charge in [0.1, 0.15) is 10.7 Å². The van der Waals surface area contributed by atoms with Crippen molar-refractivity contribution in [3.63, 3.8) is 0 Å². The SMILES string of the molecule is O=S(=O)(c1ccccc1F)N1CCN(c2nc3ccccc3[nH]2)CC1. The average molecular weight is 360 g/mol. The van der Waals surface area contributed by atoms with Gasteiger partial charge in [0.25, 0.3) is 0 Å². The monoisotopic (exact) mass is 360 g/mol. The van der Waals surface area contributed by atoms with Gasteiger partial charge < -0.3 is 9.88 Å². The number of para-hydroxylation sites is 2.